The lowest BCUT2D eigenvalue weighted by molar-refractivity contribution is -0.167. The molecule has 0 N–H and O–H groups in total. The molecule has 0 heterocycles. The van der Waals surface area contributed by atoms with Crippen LogP contribution in [0.25, 0.3) is 0 Å². The number of allylic oxidation sites excluding steroid dienone is 8. The third-order valence-corrected chi connectivity index (χ3v) is 13.3. The van der Waals surface area contributed by atoms with Crippen molar-refractivity contribution in [3.63, 3.8) is 0 Å². The standard InChI is InChI=1S/C63H114O6/c1-4-7-10-13-16-19-22-25-28-29-30-31-32-33-36-38-41-44-47-50-53-56-62(65)68-59-60(69-63(66)57-54-51-48-45-42-39-35-27-24-21-18-15-12-9-6-3)58-67-61(64)55-52-49-46-43-40-37-34-26-23-20-17-14-11-8-5-2/h18,20-21,23,27,35,42,45,60H,4-17,19,22,24-26,28-34,36-41,43-44,46-59H2,1-3H3/b21-18-,23-20-,35-27-,45-42-/t60-/m1/s1. The van der Waals surface area contributed by atoms with E-state index in [1.54, 1.807) is 0 Å². The van der Waals surface area contributed by atoms with Crippen LogP contribution in [0.2, 0.25) is 0 Å². The number of hydrogen-bond donors (Lipinski definition) is 0. The zero-order valence-corrected chi connectivity index (χ0v) is 46.1. The summed E-state index contributed by atoms with van der Waals surface area (Å²) in [5.74, 6) is -0.913. The quantitative estimate of drug-likeness (QED) is 0.0262. The van der Waals surface area contributed by atoms with Crippen molar-refractivity contribution in [2.75, 3.05) is 13.2 Å². The normalized spacial score (nSPS) is 12.3. The average Bonchev–Trinajstić information content (AvgIpc) is 3.35. The third-order valence-electron chi connectivity index (χ3n) is 13.3. The fourth-order valence-electron chi connectivity index (χ4n) is 8.74. The summed E-state index contributed by atoms with van der Waals surface area (Å²) in [6, 6.07) is 0. The van der Waals surface area contributed by atoms with Crippen molar-refractivity contribution in [1.82, 2.24) is 0 Å². The second-order valence-corrected chi connectivity index (χ2v) is 20.3. The number of esters is 3. The second-order valence-electron chi connectivity index (χ2n) is 20.3. The Morgan fingerprint density at radius 1 is 0.290 bits per heavy atom. The Labute approximate surface area is 428 Å². The van der Waals surface area contributed by atoms with Gasteiger partial charge in [-0.15, -0.1) is 0 Å². The SMILES string of the molecule is CCCCC/C=C\C/C=C\C/C=C\CCCCC(=O)O[C@H](COC(=O)CCCCCCCCC/C=C\CCCCCC)COC(=O)CCCCCCCCCCCCCCCCCCCCCCC. The van der Waals surface area contributed by atoms with Gasteiger partial charge in [-0.1, -0.05) is 262 Å². The van der Waals surface area contributed by atoms with Gasteiger partial charge in [0.2, 0.25) is 0 Å². The smallest absolute Gasteiger partial charge is 0.306 e. The van der Waals surface area contributed by atoms with Gasteiger partial charge in [-0.3, -0.25) is 14.4 Å². The Kier molecular flexibility index (Phi) is 55.7. The Morgan fingerprint density at radius 3 is 0.899 bits per heavy atom. The van der Waals surface area contributed by atoms with Crippen molar-refractivity contribution in [1.29, 1.82) is 0 Å². The first-order valence-corrected chi connectivity index (χ1v) is 30.1. The van der Waals surface area contributed by atoms with Crippen LogP contribution < -0.4 is 0 Å². The van der Waals surface area contributed by atoms with Crippen LogP contribution in [0.1, 0.15) is 316 Å². The number of ether oxygens (including phenoxy) is 3. The first-order chi connectivity index (χ1) is 34.0. The fourth-order valence-corrected chi connectivity index (χ4v) is 8.74. The van der Waals surface area contributed by atoms with Gasteiger partial charge in [-0.05, 0) is 83.5 Å². The van der Waals surface area contributed by atoms with E-state index >= 15 is 0 Å². The molecule has 0 radical (unpaired) electrons. The molecule has 0 amide bonds. The lowest BCUT2D eigenvalue weighted by Gasteiger charge is -2.18. The molecule has 6 nitrogen and oxygen atoms in total. The van der Waals surface area contributed by atoms with Gasteiger partial charge in [0.15, 0.2) is 6.10 Å². The van der Waals surface area contributed by atoms with Gasteiger partial charge in [-0.2, -0.15) is 0 Å². The zero-order valence-electron chi connectivity index (χ0n) is 46.1. The summed E-state index contributed by atoms with van der Waals surface area (Å²) < 4.78 is 16.9. The highest BCUT2D eigenvalue weighted by molar-refractivity contribution is 5.71. The monoisotopic (exact) mass is 967 g/mol. The van der Waals surface area contributed by atoms with E-state index in [4.69, 9.17) is 14.2 Å². The molecule has 0 rings (SSSR count). The largest absolute Gasteiger partial charge is 0.462 e. The van der Waals surface area contributed by atoms with Crippen LogP contribution >= 0.6 is 0 Å². The summed E-state index contributed by atoms with van der Waals surface area (Å²) >= 11 is 0. The summed E-state index contributed by atoms with van der Waals surface area (Å²) in [5, 5.41) is 0. The molecule has 0 fully saturated rings. The second kappa shape index (κ2) is 57.9. The van der Waals surface area contributed by atoms with Crippen LogP contribution in [0.15, 0.2) is 48.6 Å². The molecule has 402 valence electrons. The minimum atomic E-state index is -0.793. The van der Waals surface area contributed by atoms with Gasteiger partial charge in [0, 0.05) is 19.3 Å². The van der Waals surface area contributed by atoms with E-state index in [0.29, 0.717) is 19.3 Å². The van der Waals surface area contributed by atoms with E-state index in [-0.39, 0.29) is 37.5 Å². The van der Waals surface area contributed by atoms with Gasteiger partial charge < -0.3 is 14.2 Å². The Hall–Kier alpha value is -2.63. The predicted octanol–water partition coefficient (Wildman–Crippen LogP) is 20.2. The molecule has 0 aromatic heterocycles. The van der Waals surface area contributed by atoms with Crippen molar-refractivity contribution >= 4 is 17.9 Å². The van der Waals surface area contributed by atoms with Gasteiger partial charge in [-0.25, -0.2) is 0 Å². The van der Waals surface area contributed by atoms with E-state index < -0.39 is 6.10 Å². The van der Waals surface area contributed by atoms with Crippen LogP contribution in [0.3, 0.4) is 0 Å². The molecule has 0 aromatic rings. The van der Waals surface area contributed by atoms with Gasteiger partial charge in [0.05, 0.1) is 0 Å². The molecule has 0 aliphatic heterocycles. The minimum Gasteiger partial charge on any atom is -0.462 e. The van der Waals surface area contributed by atoms with Crippen LogP contribution in [0.5, 0.6) is 0 Å². The molecule has 69 heavy (non-hydrogen) atoms. The lowest BCUT2D eigenvalue weighted by Crippen LogP contribution is -2.30. The summed E-state index contributed by atoms with van der Waals surface area (Å²) in [4.78, 5) is 38.2. The van der Waals surface area contributed by atoms with E-state index in [9.17, 15) is 14.4 Å². The van der Waals surface area contributed by atoms with E-state index in [1.165, 1.54) is 205 Å². The minimum absolute atomic E-state index is 0.0865. The topological polar surface area (TPSA) is 78.9 Å². The number of carbonyl (C=O) groups excluding carboxylic acids is 3. The molecular formula is C63H114O6. The molecule has 1 atom stereocenters. The van der Waals surface area contributed by atoms with Crippen molar-refractivity contribution in [2.24, 2.45) is 0 Å². The molecule has 0 aromatic carbocycles. The zero-order chi connectivity index (χ0) is 50.0. The maximum Gasteiger partial charge on any atom is 0.306 e. The van der Waals surface area contributed by atoms with Crippen LogP contribution in [-0.4, -0.2) is 37.2 Å². The molecule has 0 aliphatic carbocycles. The molecule has 0 unspecified atom stereocenters. The maximum atomic E-state index is 12.8. The lowest BCUT2D eigenvalue weighted by atomic mass is 10.0. The van der Waals surface area contributed by atoms with Crippen molar-refractivity contribution in [2.45, 2.75) is 322 Å². The highest BCUT2D eigenvalue weighted by atomic mass is 16.6. The van der Waals surface area contributed by atoms with Crippen LogP contribution in [0, 0.1) is 0 Å². The Morgan fingerprint density at radius 2 is 0.522 bits per heavy atom. The summed E-state index contributed by atoms with van der Waals surface area (Å²) in [5.41, 5.74) is 0. The van der Waals surface area contributed by atoms with Crippen molar-refractivity contribution < 1.29 is 28.6 Å². The molecular weight excluding hydrogens is 853 g/mol. The number of carbonyl (C=O) groups is 3. The molecule has 0 spiro atoms. The van der Waals surface area contributed by atoms with E-state index in [1.807, 2.05) is 0 Å². The van der Waals surface area contributed by atoms with Crippen LogP contribution in [0.4, 0.5) is 0 Å². The van der Waals surface area contributed by atoms with Gasteiger partial charge >= 0.3 is 17.9 Å². The number of rotatable bonds is 55. The highest BCUT2D eigenvalue weighted by Gasteiger charge is 2.19. The van der Waals surface area contributed by atoms with Gasteiger partial charge in [0.25, 0.3) is 0 Å². The first-order valence-electron chi connectivity index (χ1n) is 30.1. The summed E-state index contributed by atoms with van der Waals surface area (Å²) in [6.07, 6.45) is 71.1. The third kappa shape index (κ3) is 56.2. The van der Waals surface area contributed by atoms with Gasteiger partial charge in [0.1, 0.15) is 13.2 Å². The van der Waals surface area contributed by atoms with Crippen molar-refractivity contribution in [3.05, 3.63) is 48.6 Å². The predicted molar refractivity (Wildman–Crippen MR) is 298 cm³/mol. The van der Waals surface area contributed by atoms with Crippen LogP contribution in [-0.2, 0) is 28.6 Å². The molecule has 0 bridgehead atoms. The average molecular weight is 968 g/mol. The molecule has 0 aliphatic rings. The summed E-state index contributed by atoms with van der Waals surface area (Å²) in [7, 11) is 0. The van der Waals surface area contributed by atoms with E-state index in [2.05, 4.69) is 69.4 Å². The van der Waals surface area contributed by atoms with E-state index in [0.717, 1.165) is 64.2 Å². The number of unbranched alkanes of at least 4 members (excludes halogenated alkanes) is 36. The first kappa shape index (κ1) is 66.4. The maximum absolute atomic E-state index is 12.8. The highest BCUT2D eigenvalue weighted by Crippen LogP contribution is 2.17. The fraction of sp³-hybridized carbons (Fsp3) is 0.825. The van der Waals surface area contributed by atoms with Crippen molar-refractivity contribution in [3.8, 4) is 0 Å². The molecule has 6 heteroatoms. The Bertz CT molecular complexity index is 1200. The Balaban J connectivity index is 4.35. The molecule has 0 saturated carbocycles. The number of hydrogen-bond acceptors (Lipinski definition) is 6. The molecule has 0 saturated heterocycles. The summed E-state index contributed by atoms with van der Waals surface area (Å²) in [6.45, 7) is 6.61.